The molecule has 0 fully saturated rings. The van der Waals surface area contributed by atoms with Crippen LogP contribution in [0.25, 0.3) is 33.8 Å². The molecule has 4 aromatic rings. The maximum atomic E-state index is 12.0. The third-order valence-corrected chi connectivity index (χ3v) is 4.26. The lowest BCUT2D eigenvalue weighted by atomic mass is 10.1. The van der Waals surface area contributed by atoms with Crippen LogP contribution in [0.2, 0.25) is 0 Å². The van der Waals surface area contributed by atoms with Crippen LogP contribution in [-0.4, -0.2) is 16.7 Å². The molecule has 7 heteroatoms. The lowest BCUT2D eigenvalue weighted by Crippen LogP contribution is -1.99. The molecule has 0 aliphatic heterocycles. The van der Waals surface area contributed by atoms with Crippen LogP contribution < -0.4 is 10.4 Å². The lowest BCUT2D eigenvalue weighted by Gasteiger charge is -2.05. The molecule has 0 amide bonds. The first-order valence-electron chi connectivity index (χ1n) is 7.95. The van der Waals surface area contributed by atoms with Crippen molar-refractivity contribution in [2.75, 3.05) is 6.61 Å². The van der Waals surface area contributed by atoms with E-state index in [1.54, 1.807) is 12.1 Å². The molecular formula is C19H13BrN2O4. The molecule has 0 radical (unpaired) electrons. The van der Waals surface area contributed by atoms with Crippen molar-refractivity contribution < 1.29 is 13.7 Å². The van der Waals surface area contributed by atoms with E-state index in [9.17, 15) is 4.79 Å². The minimum Gasteiger partial charge on any atom is -0.494 e. The monoisotopic (exact) mass is 412 g/mol. The number of hydrogen-bond donors (Lipinski definition) is 0. The summed E-state index contributed by atoms with van der Waals surface area (Å²) in [5.74, 6) is 1.32. The Labute approximate surface area is 156 Å². The largest absolute Gasteiger partial charge is 0.494 e. The Balaban J connectivity index is 1.83. The Morgan fingerprint density at radius 1 is 1.15 bits per heavy atom. The van der Waals surface area contributed by atoms with Gasteiger partial charge in [0.1, 0.15) is 11.3 Å². The van der Waals surface area contributed by atoms with Gasteiger partial charge >= 0.3 is 5.63 Å². The molecule has 0 N–H and O–H groups in total. The van der Waals surface area contributed by atoms with Gasteiger partial charge in [-0.25, -0.2) is 4.79 Å². The molecule has 2 aromatic heterocycles. The van der Waals surface area contributed by atoms with E-state index in [4.69, 9.17) is 13.7 Å². The van der Waals surface area contributed by atoms with E-state index in [-0.39, 0.29) is 5.89 Å². The molecule has 0 saturated carbocycles. The van der Waals surface area contributed by atoms with Crippen molar-refractivity contribution in [3.63, 3.8) is 0 Å². The van der Waals surface area contributed by atoms with Crippen molar-refractivity contribution in [1.82, 2.24) is 10.1 Å². The first-order valence-corrected chi connectivity index (χ1v) is 8.74. The number of halogens is 1. The van der Waals surface area contributed by atoms with Crippen molar-refractivity contribution in [3.05, 3.63) is 63.4 Å². The quantitative estimate of drug-likeness (QED) is 0.453. The van der Waals surface area contributed by atoms with Crippen LogP contribution in [0.1, 0.15) is 6.92 Å². The molecule has 0 saturated heterocycles. The summed E-state index contributed by atoms with van der Waals surface area (Å²) in [7, 11) is 0. The van der Waals surface area contributed by atoms with E-state index >= 15 is 0 Å². The molecule has 4 rings (SSSR count). The van der Waals surface area contributed by atoms with Crippen LogP contribution in [0.15, 0.2) is 66.7 Å². The molecule has 0 atom stereocenters. The number of rotatable bonds is 4. The smallest absolute Gasteiger partial charge is 0.337 e. The molecular weight excluding hydrogens is 400 g/mol. The van der Waals surface area contributed by atoms with Gasteiger partial charge < -0.3 is 13.7 Å². The van der Waals surface area contributed by atoms with Crippen molar-refractivity contribution in [1.29, 1.82) is 0 Å². The Morgan fingerprint density at radius 2 is 2.04 bits per heavy atom. The van der Waals surface area contributed by atoms with E-state index in [2.05, 4.69) is 26.1 Å². The number of nitrogens with zero attached hydrogens (tertiary/aromatic N) is 2. The fourth-order valence-electron chi connectivity index (χ4n) is 2.65. The SMILES string of the molecule is CCOc1ccc2c(-c3nc(-c4cccc(Br)c4)no3)cc(=O)oc2c1. The third-order valence-electron chi connectivity index (χ3n) is 3.77. The number of fused-ring (bicyclic) bond motifs is 1. The highest BCUT2D eigenvalue weighted by Crippen LogP contribution is 2.30. The highest BCUT2D eigenvalue weighted by molar-refractivity contribution is 9.10. The summed E-state index contributed by atoms with van der Waals surface area (Å²) in [6.45, 7) is 2.41. The predicted molar refractivity (Wildman–Crippen MR) is 100 cm³/mol. The highest BCUT2D eigenvalue weighted by Gasteiger charge is 2.16. The van der Waals surface area contributed by atoms with E-state index in [0.29, 0.717) is 34.7 Å². The first-order chi connectivity index (χ1) is 12.6. The average Bonchev–Trinajstić information content (AvgIpc) is 3.11. The van der Waals surface area contributed by atoms with Crippen molar-refractivity contribution >= 4 is 26.9 Å². The van der Waals surface area contributed by atoms with Crippen molar-refractivity contribution in [3.8, 4) is 28.6 Å². The van der Waals surface area contributed by atoms with Gasteiger partial charge in [0.15, 0.2) is 0 Å². The second kappa shape index (κ2) is 6.76. The van der Waals surface area contributed by atoms with Gasteiger partial charge in [-0.3, -0.25) is 0 Å². The summed E-state index contributed by atoms with van der Waals surface area (Å²) >= 11 is 3.42. The maximum Gasteiger partial charge on any atom is 0.337 e. The van der Waals surface area contributed by atoms with Gasteiger partial charge in [0.05, 0.1) is 12.2 Å². The molecule has 6 nitrogen and oxygen atoms in total. The average molecular weight is 413 g/mol. The van der Waals surface area contributed by atoms with E-state index in [1.165, 1.54) is 6.07 Å². The van der Waals surface area contributed by atoms with Crippen LogP contribution in [0.4, 0.5) is 0 Å². The molecule has 26 heavy (non-hydrogen) atoms. The Kier molecular flexibility index (Phi) is 4.30. The number of hydrogen-bond acceptors (Lipinski definition) is 6. The molecule has 130 valence electrons. The Bertz CT molecular complexity index is 1150. The normalized spacial score (nSPS) is 11.0. The molecule has 0 unspecified atom stereocenters. The molecule has 0 aliphatic rings. The van der Waals surface area contributed by atoms with Crippen molar-refractivity contribution in [2.24, 2.45) is 0 Å². The topological polar surface area (TPSA) is 78.4 Å². The van der Waals surface area contributed by atoms with Crippen LogP contribution in [0.3, 0.4) is 0 Å². The van der Waals surface area contributed by atoms with Crippen LogP contribution in [-0.2, 0) is 0 Å². The standard InChI is InChI=1S/C19H13BrN2O4/c1-2-24-13-6-7-14-15(10-17(23)25-16(14)9-13)19-21-18(22-26-19)11-4-3-5-12(20)8-11/h3-10H,2H2,1H3. The van der Waals surface area contributed by atoms with Gasteiger partial charge in [-0.2, -0.15) is 4.98 Å². The van der Waals surface area contributed by atoms with E-state index in [1.807, 2.05) is 37.3 Å². The fourth-order valence-corrected chi connectivity index (χ4v) is 3.05. The Morgan fingerprint density at radius 3 is 2.85 bits per heavy atom. The number of ether oxygens (including phenoxy) is 1. The molecule has 0 spiro atoms. The maximum absolute atomic E-state index is 12.0. The number of aromatic nitrogens is 2. The van der Waals surface area contributed by atoms with Gasteiger partial charge in [-0.1, -0.05) is 33.2 Å². The second-order valence-electron chi connectivity index (χ2n) is 5.50. The minimum atomic E-state index is -0.497. The molecule has 2 heterocycles. The predicted octanol–water partition coefficient (Wildman–Crippen LogP) is 4.67. The summed E-state index contributed by atoms with van der Waals surface area (Å²) < 4.78 is 17.1. The minimum absolute atomic E-state index is 0.252. The van der Waals surface area contributed by atoms with Gasteiger partial charge in [0.2, 0.25) is 5.82 Å². The summed E-state index contributed by atoms with van der Waals surface area (Å²) in [5.41, 5.74) is 1.23. The first kappa shape index (κ1) is 16.5. The highest BCUT2D eigenvalue weighted by atomic mass is 79.9. The van der Waals surface area contributed by atoms with Crippen LogP contribution in [0.5, 0.6) is 5.75 Å². The van der Waals surface area contributed by atoms with Gasteiger partial charge in [0, 0.05) is 27.6 Å². The summed E-state index contributed by atoms with van der Waals surface area (Å²) in [6.07, 6.45) is 0. The zero-order valence-corrected chi connectivity index (χ0v) is 15.3. The van der Waals surface area contributed by atoms with Gasteiger partial charge in [-0.15, -0.1) is 0 Å². The van der Waals surface area contributed by atoms with Crippen LogP contribution in [0, 0.1) is 0 Å². The molecule has 0 aliphatic carbocycles. The molecule has 2 aromatic carbocycles. The second-order valence-corrected chi connectivity index (χ2v) is 6.42. The van der Waals surface area contributed by atoms with E-state index in [0.717, 1.165) is 10.0 Å². The van der Waals surface area contributed by atoms with Crippen LogP contribution >= 0.6 is 15.9 Å². The Hall–Kier alpha value is -2.93. The third kappa shape index (κ3) is 3.13. The van der Waals surface area contributed by atoms with Gasteiger partial charge in [-0.05, 0) is 31.2 Å². The number of benzene rings is 2. The summed E-state index contributed by atoms with van der Waals surface area (Å²) in [4.78, 5) is 16.4. The zero-order valence-electron chi connectivity index (χ0n) is 13.7. The van der Waals surface area contributed by atoms with Gasteiger partial charge in [0.25, 0.3) is 5.89 Å². The summed E-state index contributed by atoms with van der Waals surface area (Å²) in [6, 6.07) is 14.2. The fraction of sp³-hybridized carbons (Fsp3) is 0.105. The summed E-state index contributed by atoms with van der Waals surface area (Å²) in [5, 5.41) is 4.72. The zero-order chi connectivity index (χ0) is 18.1. The molecule has 0 bridgehead atoms. The lowest BCUT2D eigenvalue weighted by molar-refractivity contribution is 0.340. The van der Waals surface area contributed by atoms with E-state index < -0.39 is 5.63 Å². The van der Waals surface area contributed by atoms with Crippen molar-refractivity contribution in [2.45, 2.75) is 6.92 Å².